The van der Waals surface area contributed by atoms with Gasteiger partial charge in [-0.25, -0.2) is 0 Å². The van der Waals surface area contributed by atoms with Gasteiger partial charge in [-0.1, -0.05) is 6.08 Å². The molecule has 2 heterocycles. The number of fused-ring (bicyclic) bond motifs is 5. The van der Waals surface area contributed by atoms with Gasteiger partial charge in [0.05, 0.1) is 7.11 Å². The van der Waals surface area contributed by atoms with E-state index < -0.39 is 0 Å². The molecular formula is C19H22N2O2. The monoisotopic (exact) mass is 310 g/mol. The highest BCUT2D eigenvalue weighted by atomic mass is 16.5. The molecule has 120 valence electrons. The molecular weight excluding hydrogens is 288 g/mol. The lowest BCUT2D eigenvalue weighted by Gasteiger charge is -2.44. The van der Waals surface area contributed by atoms with Crippen molar-refractivity contribution < 1.29 is 9.53 Å². The number of ether oxygens (including phenoxy) is 1. The van der Waals surface area contributed by atoms with Crippen LogP contribution in [0.4, 0.5) is 0 Å². The molecule has 2 aromatic rings. The summed E-state index contributed by atoms with van der Waals surface area (Å²) in [5, 5.41) is 1.26. The lowest BCUT2D eigenvalue weighted by molar-refractivity contribution is -0.131. The third-order valence-corrected chi connectivity index (χ3v) is 5.67. The van der Waals surface area contributed by atoms with Crippen LogP contribution in [-0.4, -0.2) is 29.5 Å². The summed E-state index contributed by atoms with van der Waals surface area (Å²) in [5.41, 5.74) is 5.00. The number of aromatic nitrogens is 1. The van der Waals surface area contributed by atoms with Crippen molar-refractivity contribution in [2.75, 3.05) is 14.2 Å². The number of benzene rings is 1. The second-order valence-corrected chi connectivity index (χ2v) is 6.85. The van der Waals surface area contributed by atoms with Gasteiger partial charge in [-0.2, -0.15) is 0 Å². The number of aryl methyl sites for hydroxylation is 1. The maximum Gasteiger partial charge on any atom is 0.226 e. The number of amides is 1. The molecule has 1 amide bonds. The van der Waals surface area contributed by atoms with Crippen LogP contribution in [0.25, 0.3) is 10.9 Å². The summed E-state index contributed by atoms with van der Waals surface area (Å²) in [5.74, 6) is 1.11. The standard InChI is InChI=1S/C19H22N2O2/c1-19-10-9-17(22)21(3)16(19)8-6-13-14-11-12(23-4)5-7-15(14)20(2)18(13)19/h5,7-8,11H,6,9-10H2,1-4H3. The minimum atomic E-state index is -0.1000. The quantitative estimate of drug-likeness (QED) is 0.811. The van der Waals surface area contributed by atoms with E-state index in [1.165, 1.54) is 22.2 Å². The Morgan fingerprint density at radius 3 is 2.78 bits per heavy atom. The summed E-state index contributed by atoms with van der Waals surface area (Å²) < 4.78 is 7.71. The van der Waals surface area contributed by atoms with Crippen molar-refractivity contribution in [2.45, 2.75) is 31.6 Å². The SMILES string of the molecule is COc1ccc2c(c1)c1c(n2C)C2(C)CCC(=O)N(C)C2=CC1. The molecule has 0 spiro atoms. The average Bonchev–Trinajstić information content (AvgIpc) is 2.85. The zero-order valence-corrected chi connectivity index (χ0v) is 14.1. The van der Waals surface area contributed by atoms with E-state index in [0.717, 1.165) is 24.3 Å². The fourth-order valence-corrected chi connectivity index (χ4v) is 4.49. The van der Waals surface area contributed by atoms with Crippen LogP contribution in [0.1, 0.15) is 31.0 Å². The van der Waals surface area contributed by atoms with Crippen LogP contribution >= 0.6 is 0 Å². The van der Waals surface area contributed by atoms with Gasteiger partial charge in [0.25, 0.3) is 0 Å². The summed E-state index contributed by atoms with van der Waals surface area (Å²) >= 11 is 0. The highest BCUT2D eigenvalue weighted by Crippen LogP contribution is 2.48. The number of nitrogens with zero attached hydrogens (tertiary/aromatic N) is 2. The molecule has 0 saturated carbocycles. The van der Waals surface area contributed by atoms with Crippen molar-refractivity contribution in [3.05, 3.63) is 41.2 Å². The Bertz CT molecular complexity index is 862. The zero-order chi connectivity index (χ0) is 16.4. The number of likely N-dealkylation sites (N-methyl/N-ethyl adjacent to an activating group) is 1. The van der Waals surface area contributed by atoms with Crippen molar-refractivity contribution in [1.82, 2.24) is 9.47 Å². The van der Waals surface area contributed by atoms with Gasteiger partial charge in [0, 0.05) is 48.2 Å². The molecule has 2 aliphatic rings. The van der Waals surface area contributed by atoms with Crippen LogP contribution in [0.15, 0.2) is 30.0 Å². The summed E-state index contributed by atoms with van der Waals surface area (Å²) in [4.78, 5) is 14.0. The summed E-state index contributed by atoms with van der Waals surface area (Å²) in [6.45, 7) is 2.27. The van der Waals surface area contributed by atoms with Crippen LogP contribution in [-0.2, 0) is 23.7 Å². The van der Waals surface area contributed by atoms with E-state index in [1.807, 2.05) is 18.0 Å². The second kappa shape index (κ2) is 4.63. The van der Waals surface area contributed by atoms with Gasteiger partial charge < -0.3 is 14.2 Å². The van der Waals surface area contributed by atoms with Gasteiger partial charge >= 0.3 is 0 Å². The van der Waals surface area contributed by atoms with Crippen molar-refractivity contribution >= 4 is 16.8 Å². The van der Waals surface area contributed by atoms with Gasteiger partial charge in [-0.05, 0) is 43.5 Å². The Balaban J connectivity index is 1.99. The molecule has 23 heavy (non-hydrogen) atoms. The topological polar surface area (TPSA) is 34.5 Å². The Hall–Kier alpha value is -2.23. The molecule has 0 bridgehead atoms. The summed E-state index contributed by atoms with van der Waals surface area (Å²) in [6.07, 6.45) is 4.58. The van der Waals surface area contributed by atoms with Gasteiger partial charge in [0.1, 0.15) is 5.75 Å². The normalized spacial score (nSPS) is 23.6. The molecule has 1 aromatic carbocycles. The van der Waals surface area contributed by atoms with Gasteiger partial charge in [-0.3, -0.25) is 4.79 Å². The third kappa shape index (κ3) is 1.75. The number of carbonyl (C=O) groups is 1. The minimum absolute atomic E-state index is 0.1000. The van der Waals surface area contributed by atoms with E-state index in [1.54, 1.807) is 7.11 Å². The number of likely N-dealkylation sites (tertiary alicyclic amines) is 1. The number of hydrogen-bond acceptors (Lipinski definition) is 2. The molecule has 4 rings (SSSR count). The van der Waals surface area contributed by atoms with Crippen LogP contribution < -0.4 is 4.74 Å². The Morgan fingerprint density at radius 2 is 2.04 bits per heavy atom. The molecule has 1 unspecified atom stereocenters. The highest BCUT2D eigenvalue weighted by Gasteiger charge is 2.45. The smallest absolute Gasteiger partial charge is 0.226 e. The molecule has 1 saturated heterocycles. The maximum absolute atomic E-state index is 12.1. The summed E-state index contributed by atoms with van der Waals surface area (Å²) in [7, 11) is 5.75. The molecule has 1 fully saturated rings. The largest absolute Gasteiger partial charge is 0.497 e. The number of carbonyl (C=O) groups excluding carboxylic acids is 1. The van der Waals surface area contributed by atoms with Gasteiger partial charge in [0.2, 0.25) is 5.91 Å². The molecule has 4 heteroatoms. The first-order valence-electron chi connectivity index (χ1n) is 8.10. The first-order valence-corrected chi connectivity index (χ1v) is 8.10. The Labute approximate surface area is 136 Å². The van der Waals surface area contributed by atoms with Crippen LogP contribution in [0, 0.1) is 0 Å². The van der Waals surface area contributed by atoms with E-state index in [0.29, 0.717) is 6.42 Å². The predicted molar refractivity (Wildman–Crippen MR) is 90.6 cm³/mol. The zero-order valence-electron chi connectivity index (χ0n) is 14.1. The number of methoxy groups -OCH3 is 1. The molecule has 1 aromatic heterocycles. The lowest BCUT2D eigenvalue weighted by atomic mass is 9.71. The van der Waals surface area contributed by atoms with E-state index in [9.17, 15) is 4.79 Å². The van der Waals surface area contributed by atoms with E-state index in [-0.39, 0.29) is 11.3 Å². The van der Waals surface area contributed by atoms with Crippen molar-refractivity contribution in [3.8, 4) is 5.75 Å². The van der Waals surface area contributed by atoms with Crippen LogP contribution in [0.5, 0.6) is 5.75 Å². The summed E-state index contributed by atoms with van der Waals surface area (Å²) in [6, 6.07) is 6.28. The van der Waals surface area contributed by atoms with E-state index in [4.69, 9.17) is 4.74 Å². The minimum Gasteiger partial charge on any atom is -0.497 e. The van der Waals surface area contributed by atoms with Crippen molar-refractivity contribution in [2.24, 2.45) is 7.05 Å². The second-order valence-electron chi connectivity index (χ2n) is 6.85. The number of rotatable bonds is 1. The number of hydrogen-bond donors (Lipinski definition) is 0. The first kappa shape index (κ1) is 14.4. The molecule has 4 nitrogen and oxygen atoms in total. The third-order valence-electron chi connectivity index (χ3n) is 5.67. The fraction of sp³-hybridized carbons (Fsp3) is 0.421. The van der Waals surface area contributed by atoms with Crippen LogP contribution in [0.2, 0.25) is 0 Å². The fourth-order valence-electron chi connectivity index (χ4n) is 4.49. The molecule has 0 N–H and O–H groups in total. The molecule has 1 aliphatic heterocycles. The Kier molecular flexibility index (Phi) is 2.89. The first-order chi connectivity index (χ1) is 11.0. The van der Waals surface area contributed by atoms with Gasteiger partial charge in [0.15, 0.2) is 0 Å². The molecule has 1 aliphatic carbocycles. The number of allylic oxidation sites excluding steroid dienone is 2. The van der Waals surface area contributed by atoms with Crippen molar-refractivity contribution in [3.63, 3.8) is 0 Å². The van der Waals surface area contributed by atoms with Crippen molar-refractivity contribution in [1.29, 1.82) is 0 Å². The van der Waals surface area contributed by atoms with Gasteiger partial charge in [-0.15, -0.1) is 0 Å². The predicted octanol–water partition coefficient (Wildman–Crippen LogP) is 3.14. The Morgan fingerprint density at radius 1 is 1.26 bits per heavy atom. The number of piperidine rings is 1. The van der Waals surface area contributed by atoms with E-state index >= 15 is 0 Å². The average molecular weight is 310 g/mol. The van der Waals surface area contributed by atoms with Crippen LogP contribution in [0.3, 0.4) is 0 Å². The highest BCUT2D eigenvalue weighted by molar-refractivity contribution is 5.89. The molecule has 0 radical (unpaired) electrons. The molecule has 1 atom stereocenters. The lowest BCUT2D eigenvalue weighted by Crippen LogP contribution is -2.45. The van der Waals surface area contributed by atoms with E-state index in [2.05, 4.69) is 36.7 Å². The maximum atomic E-state index is 12.1.